The van der Waals surface area contributed by atoms with Crippen molar-refractivity contribution in [1.29, 1.82) is 5.26 Å². The molecule has 1 aliphatic heterocycles. The smallest absolute Gasteiger partial charge is 0.459 e. The van der Waals surface area contributed by atoms with Gasteiger partial charge >= 0.3 is 19.4 Å². The first-order chi connectivity index (χ1) is 17.8. The molecule has 15 heteroatoms. The Hall–Kier alpha value is -3.31. The van der Waals surface area contributed by atoms with Gasteiger partial charge in [0.15, 0.2) is 6.23 Å². The van der Waals surface area contributed by atoms with Gasteiger partial charge in [0.05, 0.1) is 12.7 Å². The number of aliphatic hydroxyl groups is 2. The van der Waals surface area contributed by atoms with E-state index in [4.69, 9.17) is 18.5 Å². The minimum atomic E-state index is -4.33. The summed E-state index contributed by atoms with van der Waals surface area (Å²) in [7, 11) is -4.33. The monoisotopic (exact) mass is 552 g/mol. The summed E-state index contributed by atoms with van der Waals surface area (Å²) in [5.74, 6) is -0.578. The van der Waals surface area contributed by atoms with Gasteiger partial charge in [0.1, 0.15) is 41.4 Å². The average molecular weight is 552 g/mol. The molecule has 0 bridgehead atoms. The van der Waals surface area contributed by atoms with Crippen LogP contribution in [-0.2, 0) is 23.4 Å². The second-order valence-corrected chi connectivity index (χ2v) is 10.7. The van der Waals surface area contributed by atoms with Crippen LogP contribution in [0.5, 0.6) is 5.75 Å². The number of H-pyrrole nitrogens is 1. The number of esters is 1. The quantitative estimate of drug-likeness (QED) is 0.236. The summed E-state index contributed by atoms with van der Waals surface area (Å²) < 4.78 is 36.2. The number of nitriles is 1. The third-order valence-corrected chi connectivity index (χ3v) is 7.16. The number of hydrogen-bond acceptors (Lipinski definition) is 11. The molecule has 1 saturated heterocycles. The molecule has 38 heavy (non-hydrogen) atoms. The molecule has 0 amide bonds. The zero-order chi connectivity index (χ0) is 28.3. The van der Waals surface area contributed by atoms with Gasteiger partial charge in [-0.1, -0.05) is 18.2 Å². The Morgan fingerprint density at radius 3 is 2.58 bits per heavy atom. The Morgan fingerprint density at radius 1 is 1.32 bits per heavy atom. The van der Waals surface area contributed by atoms with Crippen LogP contribution < -0.4 is 20.9 Å². The molecule has 0 spiro atoms. The summed E-state index contributed by atoms with van der Waals surface area (Å²) in [5.41, 5.74) is -4.45. The van der Waals surface area contributed by atoms with Gasteiger partial charge < -0.3 is 24.2 Å². The van der Waals surface area contributed by atoms with E-state index in [1.165, 1.54) is 19.1 Å². The number of nitrogens with one attached hydrogen (secondary N) is 2. The van der Waals surface area contributed by atoms with Gasteiger partial charge in [-0.15, -0.1) is 0 Å². The van der Waals surface area contributed by atoms with Crippen LogP contribution in [0.15, 0.2) is 46.0 Å². The van der Waals surface area contributed by atoms with Crippen molar-refractivity contribution in [1.82, 2.24) is 14.6 Å². The molecule has 1 aromatic carbocycles. The van der Waals surface area contributed by atoms with Crippen LogP contribution in [0.2, 0.25) is 0 Å². The van der Waals surface area contributed by atoms with Crippen LogP contribution in [0, 0.1) is 11.3 Å². The summed E-state index contributed by atoms with van der Waals surface area (Å²) in [6.07, 6.45) is -5.13. The molecule has 1 fully saturated rings. The third-order valence-electron chi connectivity index (χ3n) is 5.51. The highest BCUT2D eigenvalue weighted by Gasteiger charge is 2.54. The SMILES string of the molecule is CC(C)OC(=O)[C@H](C)NP(=O)(OC[C@H]1OC(n2c(C#N)cc(=O)[nH]c2=O)[C@](C)(O)[C@@H]1O)Oc1ccccc1. The number of nitrogens with zero attached hydrogens (tertiary/aromatic N) is 2. The Kier molecular flexibility index (Phi) is 8.94. The van der Waals surface area contributed by atoms with Crippen LogP contribution in [0.1, 0.15) is 39.6 Å². The lowest BCUT2D eigenvalue weighted by Crippen LogP contribution is -2.47. The Morgan fingerprint density at radius 2 is 1.97 bits per heavy atom. The van der Waals surface area contributed by atoms with E-state index in [2.05, 4.69) is 5.09 Å². The maximum Gasteiger partial charge on any atom is 0.459 e. The number of hydrogen-bond donors (Lipinski definition) is 4. The highest BCUT2D eigenvalue weighted by atomic mass is 31.2. The second-order valence-electron chi connectivity index (χ2n) is 9.04. The zero-order valence-corrected chi connectivity index (χ0v) is 22.0. The van der Waals surface area contributed by atoms with Gasteiger partial charge in [-0.05, 0) is 39.8 Å². The van der Waals surface area contributed by atoms with E-state index in [1.54, 1.807) is 38.1 Å². The molecule has 2 heterocycles. The van der Waals surface area contributed by atoms with Crippen LogP contribution >= 0.6 is 7.75 Å². The molecule has 1 aliphatic rings. The predicted octanol–water partition coefficient (Wildman–Crippen LogP) is 0.551. The molecule has 6 atom stereocenters. The largest absolute Gasteiger partial charge is 0.462 e. The first-order valence-corrected chi connectivity index (χ1v) is 13.1. The standard InChI is InChI=1S/C23H29N4O10P/c1-13(2)35-20(30)14(3)26-38(33,37-16-8-6-5-7-9-16)34-12-17-19(29)23(4,32)21(36-17)27-15(11-24)10-18(28)25-22(27)31/h5-10,13-14,17,19,21,29,32H,12H2,1-4H3,(H,26,33)(H,25,28,31)/t14-,17+,19+,21?,23+,38?/m0/s1. The molecular formula is C23H29N4O10P. The highest BCUT2D eigenvalue weighted by Crippen LogP contribution is 2.47. The molecular weight excluding hydrogens is 523 g/mol. The van der Waals surface area contributed by atoms with Gasteiger partial charge in [0.25, 0.3) is 5.56 Å². The molecule has 3 rings (SSSR count). The Bertz CT molecular complexity index is 1350. The van der Waals surface area contributed by atoms with E-state index in [1.807, 2.05) is 4.98 Å². The number of rotatable bonds is 10. The topological polar surface area (TPSA) is 202 Å². The number of carbonyl (C=O) groups excluding carboxylic acids is 1. The lowest BCUT2D eigenvalue weighted by molar-refractivity contribution is -0.149. The molecule has 0 radical (unpaired) electrons. The first kappa shape index (κ1) is 29.2. The van der Waals surface area contributed by atoms with Crippen LogP contribution in [0.4, 0.5) is 0 Å². The number of aromatic amines is 1. The normalized spacial score (nSPS) is 25.4. The average Bonchev–Trinajstić information content (AvgIpc) is 3.05. The summed E-state index contributed by atoms with van der Waals surface area (Å²) in [4.78, 5) is 38.3. The van der Waals surface area contributed by atoms with E-state index < -0.39 is 73.4 Å². The second kappa shape index (κ2) is 11.6. The van der Waals surface area contributed by atoms with Crippen LogP contribution in [-0.4, -0.2) is 62.3 Å². The minimum Gasteiger partial charge on any atom is -0.462 e. The van der Waals surface area contributed by atoms with E-state index >= 15 is 0 Å². The van der Waals surface area contributed by atoms with E-state index in [-0.39, 0.29) is 5.75 Å². The van der Waals surface area contributed by atoms with Crippen LogP contribution in [0.25, 0.3) is 0 Å². The number of para-hydroxylation sites is 1. The van der Waals surface area contributed by atoms with E-state index in [0.717, 1.165) is 13.0 Å². The number of carbonyl (C=O) groups is 1. The van der Waals surface area contributed by atoms with Gasteiger partial charge in [-0.3, -0.25) is 23.7 Å². The molecule has 14 nitrogen and oxygen atoms in total. The molecule has 2 unspecified atom stereocenters. The number of aliphatic hydroxyl groups excluding tert-OH is 1. The fourth-order valence-electron chi connectivity index (χ4n) is 3.68. The Labute approximate surface area is 217 Å². The molecule has 0 saturated carbocycles. The van der Waals surface area contributed by atoms with Gasteiger partial charge in [-0.25, -0.2) is 9.36 Å². The summed E-state index contributed by atoms with van der Waals surface area (Å²) >= 11 is 0. The zero-order valence-electron chi connectivity index (χ0n) is 21.1. The molecule has 206 valence electrons. The number of aromatic nitrogens is 2. The lowest BCUT2D eigenvalue weighted by Gasteiger charge is -2.28. The molecule has 0 aliphatic carbocycles. The maximum absolute atomic E-state index is 13.7. The van der Waals surface area contributed by atoms with Crippen molar-refractivity contribution in [2.45, 2.75) is 63.9 Å². The fraction of sp³-hybridized carbons (Fsp3) is 0.478. The van der Waals surface area contributed by atoms with Crippen molar-refractivity contribution >= 4 is 13.7 Å². The first-order valence-electron chi connectivity index (χ1n) is 11.6. The maximum atomic E-state index is 13.7. The van der Waals surface area contributed by atoms with E-state index in [0.29, 0.717) is 4.57 Å². The van der Waals surface area contributed by atoms with Crippen molar-refractivity contribution in [3.63, 3.8) is 0 Å². The van der Waals surface area contributed by atoms with Crippen LogP contribution in [0.3, 0.4) is 0 Å². The van der Waals surface area contributed by atoms with Crippen molar-refractivity contribution in [2.75, 3.05) is 6.61 Å². The minimum absolute atomic E-state index is 0.143. The molecule has 4 N–H and O–H groups in total. The van der Waals surface area contributed by atoms with Crippen molar-refractivity contribution in [3.05, 3.63) is 62.9 Å². The summed E-state index contributed by atoms with van der Waals surface area (Å²) in [6.45, 7) is 5.20. The number of benzene rings is 1. The summed E-state index contributed by atoms with van der Waals surface area (Å²) in [6, 6.07) is 9.33. The fourth-order valence-corrected chi connectivity index (χ4v) is 5.18. The van der Waals surface area contributed by atoms with Crippen molar-refractivity contribution < 1.29 is 38.1 Å². The Balaban J connectivity index is 1.85. The predicted molar refractivity (Wildman–Crippen MR) is 131 cm³/mol. The van der Waals surface area contributed by atoms with Gasteiger partial charge in [-0.2, -0.15) is 10.3 Å². The van der Waals surface area contributed by atoms with Gasteiger partial charge in [0, 0.05) is 6.07 Å². The third kappa shape index (κ3) is 6.57. The van der Waals surface area contributed by atoms with E-state index in [9.17, 15) is 34.4 Å². The molecule has 1 aromatic heterocycles. The highest BCUT2D eigenvalue weighted by molar-refractivity contribution is 7.52. The lowest BCUT2D eigenvalue weighted by atomic mass is 9.96. The van der Waals surface area contributed by atoms with Crippen molar-refractivity contribution in [2.24, 2.45) is 0 Å². The van der Waals surface area contributed by atoms with Crippen molar-refractivity contribution in [3.8, 4) is 11.8 Å². The number of ether oxygens (including phenoxy) is 2. The molecule has 2 aromatic rings. The summed E-state index contributed by atoms with van der Waals surface area (Å²) in [5, 5.41) is 33.6. The van der Waals surface area contributed by atoms with Gasteiger partial charge in [0.2, 0.25) is 0 Å².